The van der Waals surface area contributed by atoms with E-state index in [4.69, 9.17) is 0 Å². The van der Waals surface area contributed by atoms with E-state index in [1.807, 2.05) is 0 Å². The fourth-order valence-electron chi connectivity index (χ4n) is 0.381. The Morgan fingerprint density at radius 1 is 1.25 bits per heavy atom. The first-order valence-corrected chi connectivity index (χ1v) is 3.37. The van der Waals surface area contributed by atoms with Gasteiger partial charge in [0.1, 0.15) is 0 Å². The molecule has 0 N–H and O–H groups in total. The van der Waals surface area contributed by atoms with Crippen molar-refractivity contribution >= 4 is 8.25 Å². The Kier molecular flexibility index (Phi) is 2.15. The Morgan fingerprint density at radius 2 is 1.75 bits per heavy atom. The molecule has 0 atom stereocenters. The summed E-state index contributed by atoms with van der Waals surface area (Å²) in [6.07, 6.45) is 3.56. The van der Waals surface area contributed by atoms with Crippen LogP contribution in [0.1, 0.15) is 0 Å². The fourth-order valence-corrected chi connectivity index (χ4v) is 0.871. The summed E-state index contributed by atoms with van der Waals surface area (Å²) in [5.74, 6) is 0. The van der Waals surface area contributed by atoms with Gasteiger partial charge in [-0.1, -0.05) is 12.2 Å². The van der Waals surface area contributed by atoms with Crippen LogP contribution < -0.4 is 0 Å². The largest absolute Gasteiger partial charge is 0.369 e. The van der Waals surface area contributed by atoms with Gasteiger partial charge in [-0.25, -0.2) is 4.57 Å². The summed E-state index contributed by atoms with van der Waals surface area (Å²) in [6.45, 7) is 0.796. The van der Waals surface area contributed by atoms with Crippen molar-refractivity contribution in [2.45, 2.75) is 0 Å². The molecule has 8 heavy (non-hydrogen) atoms. The number of hydrogen-bond donors (Lipinski definition) is 0. The maximum Gasteiger partial charge on any atom is 0.369 e. The Labute approximate surface area is 48.2 Å². The van der Waals surface area contributed by atoms with Gasteiger partial charge in [0.05, 0.1) is 13.2 Å². The van der Waals surface area contributed by atoms with Crippen molar-refractivity contribution in [3.8, 4) is 0 Å². The minimum Gasteiger partial charge on any atom is -0.279 e. The summed E-state index contributed by atoms with van der Waals surface area (Å²) >= 11 is 0. The summed E-state index contributed by atoms with van der Waals surface area (Å²) in [4.78, 5) is 0. The number of rotatable bonds is 0. The highest BCUT2D eigenvalue weighted by Crippen LogP contribution is 2.24. The van der Waals surface area contributed by atoms with Gasteiger partial charge < -0.3 is 0 Å². The molecule has 0 unspecified atom stereocenters. The molecular weight excluding hydrogens is 127 g/mol. The third kappa shape index (κ3) is 1.70. The first-order valence-electron chi connectivity index (χ1n) is 2.27. The maximum atomic E-state index is 10.3. The van der Waals surface area contributed by atoms with Gasteiger partial charge in [0, 0.05) is 0 Å². The van der Waals surface area contributed by atoms with E-state index in [-0.39, 0.29) is 0 Å². The SMILES string of the molecule is O=[P]1OCC=CCO1. The summed E-state index contributed by atoms with van der Waals surface area (Å²) in [6, 6.07) is 0. The van der Waals surface area contributed by atoms with Crippen LogP contribution in [0, 0.1) is 0 Å². The minimum absolute atomic E-state index is 0.398. The standard InChI is InChI=1S/C4H6O3P/c5-8-6-3-1-2-4-7-8/h1-2H,3-4H2. The van der Waals surface area contributed by atoms with Gasteiger partial charge in [-0.05, 0) is 0 Å². The van der Waals surface area contributed by atoms with Gasteiger partial charge in [-0.2, -0.15) is 0 Å². The normalized spacial score (nSPS) is 20.8. The molecule has 1 aliphatic heterocycles. The molecule has 0 saturated carbocycles. The molecule has 0 saturated heterocycles. The van der Waals surface area contributed by atoms with Gasteiger partial charge in [0.15, 0.2) is 0 Å². The molecule has 0 spiro atoms. The highest BCUT2D eigenvalue weighted by atomic mass is 31.1. The third-order valence-corrected chi connectivity index (χ3v) is 1.44. The molecule has 0 aromatic carbocycles. The summed E-state index contributed by atoms with van der Waals surface area (Å²) in [7, 11) is -1.83. The van der Waals surface area contributed by atoms with E-state index in [1.165, 1.54) is 0 Å². The summed E-state index contributed by atoms with van der Waals surface area (Å²) in [5, 5.41) is 0. The smallest absolute Gasteiger partial charge is 0.279 e. The zero-order valence-corrected chi connectivity index (χ0v) is 5.14. The first-order chi connectivity index (χ1) is 3.89. The van der Waals surface area contributed by atoms with Crippen molar-refractivity contribution in [2.75, 3.05) is 13.2 Å². The van der Waals surface area contributed by atoms with Crippen LogP contribution in [0.2, 0.25) is 0 Å². The molecule has 0 aromatic heterocycles. The van der Waals surface area contributed by atoms with Gasteiger partial charge in [0.25, 0.3) is 0 Å². The van der Waals surface area contributed by atoms with Crippen LogP contribution in [-0.4, -0.2) is 13.2 Å². The molecule has 0 aliphatic carbocycles. The molecule has 4 heteroatoms. The van der Waals surface area contributed by atoms with Crippen molar-refractivity contribution in [1.29, 1.82) is 0 Å². The van der Waals surface area contributed by atoms with E-state index in [1.54, 1.807) is 12.2 Å². The van der Waals surface area contributed by atoms with Crippen molar-refractivity contribution < 1.29 is 13.6 Å². The first kappa shape index (κ1) is 5.89. The quantitative estimate of drug-likeness (QED) is 0.368. The Hall–Kier alpha value is -0.240. The van der Waals surface area contributed by atoms with E-state index in [0.29, 0.717) is 13.2 Å². The van der Waals surface area contributed by atoms with Gasteiger partial charge in [-0.15, -0.1) is 0 Å². The van der Waals surface area contributed by atoms with Crippen LogP contribution in [0.4, 0.5) is 0 Å². The van der Waals surface area contributed by atoms with Crippen molar-refractivity contribution in [1.82, 2.24) is 0 Å². The highest BCUT2D eigenvalue weighted by molar-refractivity contribution is 7.33. The average Bonchev–Trinajstić information content (AvgIpc) is 1.94. The highest BCUT2D eigenvalue weighted by Gasteiger charge is 2.00. The second kappa shape index (κ2) is 2.92. The molecule has 1 radical (unpaired) electrons. The van der Waals surface area contributed by atoms with Crippen LogP contribution in [-0.2, 0) is 13.6 Å². The average molecular weight is 133 g/mol. The zero-order chi connectivity index (χ0) is 5.82. The lowest BCUT2D eigenvalue weighted by atomic mass is 10.5. The van der Waals surface area contributed by atoms with Gasteiger partial charge in [-0.3, -0.25) is 9.05 Å². The molecular formula is C4H6O3P. The molecule has 1 rings (SSSR count). The lowest BCUT2D eigenvalue weighted by Gasteiger charge is -1.91. The Balaban J connectivity index is 2.39. The van der Waals surface area contributed by atoms with E-state index in [2.05, 4.69) is 9.05 Å². The lowest BCUT2D eigenvalue weighted by Crippen LogP contribution is -1.77. The van der Waals surface area contributed by atoms with Crippen molar-refractivity contribution in [2.24, 2.45) is 0 Å². The minimum atomic E-state index is -1.83. The van der Waals surface area contributed by atoms with Crippen LogP contribution in [0.25, 0.3) is 0 Å². The molecule has 1 aliphatic rings. The van der Waals surface area contributed by atoms with E-state index < -0.39 is 8.25 Å². The zero-order valence-electron chi connectivity index (χ0n) is 4.24. The molecule has 3 nitrogen and oxygen atoms in total. The van der Waals surface area contributed by atoms with Crippen LogP contribution in [0.3, 0.4) is 0 Å². The van der Waals surface area contributed by atoms with Crippen molar-refractivity contribution in [3.63, 3.8) is 0 Å². The molecule has 0 amide bonds. The van der Waals surface area contributed by atoms with Gasteiger partial charge in [0.2, 0.25) is 0 Å². The molecule has 0 bridgehead atoms. The topological polar surface area (TPSA) is 35.5 Å². The fraction of sp³-hybridized carbons (Fsp3) is 0.500. The molecule has 45 valence electrons. The van der Waals surface area contributed by atoms with E-state index in [0.717, 1.165) is 0 Å². The van der Waals surface area contributed by atoms with Crippen LogP contribution >= 0.6 is 8.25 Å². The molecule has 0 aromatic rings. The summed E-state index contributed by atoms with van der Waals surface area (Å²) in [5.41, 5.74) is 0. The number of hydrogen-bond acceptors (Lipinski definition) is 3. The third-order valence-electron chi connectivity index (χ3n) is 0.719. The Morgan fingerprint density at radius 3 is 2.25 bits per heavy atom. The van der Waals surface area contributed by atoms with Gasteiger partial charge >= 0.3 is 8.25 Å². The second-order valence-electron chi connectivity index (χ2n) is 1.29. The maximum absolute atomic E-state index is 10.3. The predicted octanol–water partition coefficient (Wildman–Crippen LogP) is 1.25. The molecule has 0 fully saturated rings. The monoisotopic (exact) mass is 133 g/mol. The van der Waals surface area contributed by atoms with E-state index >= 15 is 0 Å². The predicted molar refractivity (Wildman–Crippen MR) is 28.7 cm³/mol. The Bertz CT molecular complexity index is 108. The van der Waals surface area contributed by atoms with Crippen LogP contribution in [0.5, 0.6) is 0 Å². The lowest BCUT2D eigenvalue weighted by molar-refractivity contribution is 0.271. The molecule has 1 heterocycles. The second-order valence-corrected chi connectivity index (χ2v) is 2.25. The van der Waals surface area contributed by atoms with Crippen LogP contribution in [0.15, 0.2) is 12.2 Å². The van der Waals surface area contributed by atoms with E-state index in [9.17, 15) is 4.57 Å². The summed E-state index contributed by atoms with van der Waals surface area (Å²) < 4.78 is 19.6. The van der Waals surface area contributed by atoms with Crippen molar-refractivity contribution in [3.05, 3.63) is 12.2 Å².